The van der Waals surface area contributed by atoms with Gasteiger partial charge in [0, 0.05) is 34.8 Å². The Kier molecular flexibility index (Phi) is 5.15. The number of fused-ring (bicyclic) bond motifs is 1. The standard InChI is InChI=1S/C22H17FN2OS2/c1-2-11-25-21(26)20(28-22(25)27)12-16-14-24(19-10-6-4-8-17(16)19)13-15-7-3-5-9-18(15)23/h2-10,12,14H,1,11,13H2. The van der Waals surface area contributed by atoms with Crippen LogP contribution in [0.5, 0.6) is 0 Å². The van der Waals surface area contributed by atoms with Crippen molar-refractivity contribution >= 4 is 51.2 Å². The summed E-state index contributed by atoms with van der Waals surface area (Å²) in [6, 6.07) is 14.7. The third-order valence-electron chi connectivity index (χ3n) is 4.59. The van der Waals surface area contributed by atoms with Crippen molar-refractivity contribution in [3.63, 3.8) is 0 Å². The summed E-state index contributed by atoms with van der Waals surface area (Å²) in [7, 11) is 0. The van der Waals surface area contributed by atoms with Gasteiger partial charge in [0.2, 0.25) is 0 Å². The maximum absolute atomic E-state index is 14.1. The molecule has 0 spiro atoms. The molecule has 0 bridgehead atoms. The van der Waals surface area contributed by atoms with Gasteiger partial charge in [-0.2, -0.15) is 0 Å². The van der Waals surface area contributed by atoms with Crippen molar-refractivity contribution in [3.05, 3.63) is 89.2 Å². The summed E-state index contributed by atoms with van der Waals surface area (Å²) in [5.74, 6) is -0.340. The zero-order valence-corrected chi connectivity index (χ0v) is 16.6. The number of carbonyl (C=O) groups is 1. The Balaban J connectivity index is 1.75. The second-order valence-corrected chi connectivity index (χ2v) is 8.08. The van der Waals surface area contributed by atoms with Crippen LogP contribution < -0.4 is 0 Å². The maximum atomic E-state index is 14.1. The first kappa shape index (κ1) is 18.7. The number of rotatable bonds is 5. The fourth-order valence-electron chi connectivity index (χ4n) is 3.26. The molecule has 140 valence electrons. The van der Waals surface area contributed by atoms with E-state index in [0.29, 0.717) is 27.9 Å². The smallest absolute Gasteiger partial charge is 0.266 e. The van der Waals surface area contributed by atoms with Crippen molar-refractivity contribution in [1.29, 1.82) is 0 Å². The first-order chi connectivity index (χ1) is 13.6. The first-order valence-corrected chi connectivity index (χ1v) is 9.98. The molecule has 3 nitrogen and oxygen atoms in total. The minimum Gasteiger partial charge on any atom is -0.342 e. The Morgan fingerprint density at radius 1 is 1.14 bits per heavy atom. The summed E-state index contributed by atoms with van der Waals surface area (Å²) >= 11 is 6.60. The van der Waals surface area contributed by atoms with E-state index >= 15 is 0 Å². The fraction of sp³-hybridized carbons (Fsp3) is 0.0909. The Hall–Kier alpha value is -2.70. The van der Waals surface area contributed by atoms with Crippen LogP contribution in [0, 0.1) is 5.82 Å². The molecule has 0 saturated carbocycles. The molecule has 1 aromatic heterocycles. The second kappa shape index (κ2) is 7.73. The quantitative estimate of drug-likeness (QED) is 0.329. The van der Waals surface area contributed by atoms with E-state index in [2.05, 4.69) is 6.58 Å². The number of hydrogen-bond donors (Lipinski definition) is 0. The van der Waals surface area contributed by atoms with Crippen LogP contribution in [0.25, 0.3) is 17.0 Å². The van der Waals surface area contributed by atoms with Gasteiger partial charge in [-0.3, -0.25) is 9.69 Å². The summed E-state index contributed by atoms with van der Waals surface area (Å²) in [4.78, 5) is 14.8. The molecule has 0 aliphatic carbocycles. The van der Waals surface area contributed by atoms with Crippen molar-refractivity contribution in [1.82, 2.24) is 9.47 Å². The van der Waals surface area contributed by atoms with Gasteiger partial charge in [0.1, 0.15) is 10.1 Å². The molecule has 0 unspecified atom stereocenters. The Bertz CT molecular complexity index is 1130. The number of carbonyl (C=O) groups excluding carboxylic acids is 1. The van der Waals surface area contributed by atoms with Crippen LogP contribution in [0.2, 0.25) is 0 Å². The summed E-state index contributed by atoms with van der Waals surface area (Å²) in [6.45, 7) is 4.49. The molecule has 1 fully saturated rings. The summed E-state index contributed by atoms with van der Waals surface area (Å²) in [6.07, 6.45) is 5.48. The number of amides is 1. The average molecular weight is 409 g/mol. The molecule has 3 aromatic rings. The lowest BCUT2D eigenvalue weighted by Gasteiger charge is -2.10. The molecule has 0 radical (unpaired) electrons. The van der Waals surface area contributed by atoms with Gasteiger partial charge in [0.25, 0.3) is 5.91 Å². The molecule has 1 aliphatic rings. The normalized spacial score (nSPS) is 15.8. The molecule has 2 heterocycles. The highest BCUT2D eigenvalue weighted by Crippen LogP contribution is 2.34. The van der Waals surface area contributed by atoms with E-state index in [1.54, 1.807) is 18.2 Å². The number of halogens is 1. The van der Waals surface area contributed by atoms with Crippen LogP contribution in [0.15, 0.2) is 72.3 Å². The summed E-state index contributed by atoms with van der Waals surface area (Å²) in [5, 5.41) is 1.01. The van der Waals surface area contributed by atoms with Crippen LogP contribution in [-0.4, -0.2) is 26.2 Å². The van der Waals surface area contributed by atoms with E-state index in [9.17, 15) is 9.18 Å². The number of hydrogen-bond acceptors (Lipinski definition) is 3. The van der Waals surface area contributed by atoms with Gasteiger partial charge in [-0.05, 0) is 18.2 Å². The number of aromatic nitrogens is 1. The zero-order chi connectivity index (χ0) is 19.7. The Morgan fingerprint density at radius 3 is 2.68 bits per heavy atom. The maximum Gasteiger partial charge on any atom is 0.266 e. The van der Waals surface area contributed by atoms with E-state index in [1.165, 1.54) is 22.7 Å². The van der Waals surface area contributed by atoms with E-state index in [4.69, 9.17) is 12.2 Å². The average Bonchev–Trinajstić information content (AvgIpc) is 3.17. The second-order valence-electron chi connectivity index (χ2n) is 6.40. The molecule has 1 amide bonds. The van der Waals surface area contributed by atoms with E-state index in [1.807, 2.05) is 47.2 Å². The largest absolute Gasteiger partial charge is 0.342 e. The van der Waals surface area contributed by atoms with Gasteiger partial charge in [0.15, 0.2) is 0 Å². The van der Waals surface area contributed by atoms with Gasteiger partial charge in [-0.1, -0.05) is 66.5 Å². The topological polar surface area (TPSA) is 25.2 Å². The number of para-hydroxylation sites is 1. The number of thioether (sulfide) groups is 1. The lowest BCUT2D eigenvalue weighted by Crippen LogP contribution is -2.27. The van der Waals surface area contributed by atoms with Crippen LogP contribution in [0.4, 0.5) is 4.39 Å². The first-order valence-electron chi connectivity index (χ1n) is 8.76. The molecule has 6 heteroatoms. The minimum atomic E-state index is -0.230. The van der Waals surface area contributed by atoms with Crippen LogP contribution in [0.3, 0.4) is 0 Å². The van der Waals surface area contributed by atoms with Crippen molar-refractivity contribution < 1.29 is 9.18 Å². The van der Waals surface area contributed by atoms with Crippen molar-refractivity contribution in [2.75, 3.05) is 6.54 Å². The van der Waals surface area contributed by atoms with E-state index in [-0.39, 0.29) is 11.7 Å². The van der Waals surface area contributed by atoms with Crippen LogP contribution >= 0.6 is 24.0 Å². The number of nitrogens with zero attached hydrogens (tertiary/aromatic N) is 2. The van der Waals surface area contributed by atoms with Gasteiger partial charge in [-0.15, -0.1) is 6.58 Å². The lowest BCUT2D eigenvalue weighted by atomic mass is 10.1. The predicted molar refractivity (Wildman–Crippen MR) is 118 cm³/mol. The van der Waals surface area contributed by atoms with Gasteiger partial charge in [0.05, 0.1) is 11.4 Å². The third kappa shape index (κ3) is 3.41. The van der Waals surface area contributed by atoms with Gasteiger partial charge >= 0.3 is 0 Å². The minimum absolute atomic E-state index is 0.110. The molecule has 4 rings (SSSR count). The summed E-state index contributed by atoms with van der Waals surface area (Å²) in [5.41, 5.74) is 2.51. The van der Waals surface area contributed by atoms with Crippen molar-refractivity contribution in [3.8, 4) is 0 Å². The molecule has 1 aliphatic heterocycles. The van der Waals surface area contributed by atoms with Gasteiger partial charge < -0.3 is 4.57 Å². The molecular weight excluding hydrogens is 391 g/mol. The third-order valence-corrected chi connectivity index (χ3v) is 5.97. The highest BCUT2D eigenvalue weighted by molar-refractivity contribution is 8.26. The monoisotopic (exact) mass is 408 g/mol. The van der Waals surface area contributed by atoms with Crippen LogP contribution in [0.1, 0.15) is 11.1 Å². The highest BCUT2D eigenvalue weighted by Gasteiger charge is 2.31. The molecule has 0 atom stereocenters. The van der Waals surface area contributed by atoms with Crippen LogP contribution in [-0.2, 0) is 11.3 Å². The fourth-order valence-corrected chi connectivity index (χ4v) is 4.52. The lowest BCUT2D eigenvalue weighted by molar-refractivity contribution is -0.121. The number of thiocarbonyl (C=S) groups is 1. The zero-order valence-electron chi connectivity index (χ0n) is 15.0. The highest BCUT2D eigenvalue weighted by atomic mass is 32.2. The Morgan fingerprint density at radius 2 is 1.89 bits per heavy atom. The number of benzene rings is 2. The van der Waals surface area contributed by atoms with E-state index < -0.39 is 0 Å². The molecule has 0 N–H and O–H groups in total. The molecule has 1 saturated heterocycles. The predicted octanol–water partition coefficient (Wildman–Crippen LogP) is 5.22. The Labute approximate surface area is 172 Å². The van der Waals surface area contributed by atoms with E-state index in [0.717, 1.165) is 16.5 Å². The SMILES string of the molecule is C=CCN1C(=O)C(=Cc2cn(Cc3ccccc3F)c3ccccc23)SC1=S. The molecule has 2 aromatic carbocycles. The molecule has 28 heavy (non-hydrogen) atoms. The van der Waals surface area contributed by atoms with Gasteiger partial charge in [-0.25, -0.2) is 4.39 Å². The summed E-state index contributed by atoms with van der Waals surface area (Å²) < 4.78 is 16.7. The molecular formula is C22H17FN2OS2. The van der Waals surface area contributed by atoms with Crippen molar-refractivity contribution in [2.45, 2.75) is 6.54 Å². The van der Waals surface area contributed by atoms with Crippen molar-refractivity contribution in [2.24, 2.45) is 0 Å².